The minimum Gasteiger partial charge on any atom is -0.493 e. The van der Waals surface area contributed by atoms with E-state index in [0.29, 0.717) is 47.3 Å². The van der Waals surface area contributed by atoms with Crippen LogP contribution in [0.5, 0.6) is 23.0 Å². The smallest absolute Gasteiger partial charge is 0.338 e. The molecule has 0 bridgehead atoms. The first-order valence-electron chi connectivity index (χ1n) is 14.4. The molecule has 46 heavy (non-hydrogen) atoms. The summed E-state index contributed by atoms with van der Waals surface area (Å²) in [5, 5.41) is 9.40. The molecule has 1 atom stereocenters. The number of rotatable bonds is 14. The zero-order chi connectivity index (χ0) is 33.1. The standard InChI is InChI=1S/C33H35IN4O8/c1-5-43-27-15-22(14-24(34)31(27)46-18-21-10-8-7-9-11-21)17-35-38-28(39)19-45-25-13-12-23(16-26(25)42-4)30-29(32(40)44-6-2)20(3)36-33(41)37-30/h7-17,30H,5-6,18-19H2,1-4H3,(H,38,39)(H2,36,37,41)/b35-17-/t30-/m1/s1. The predicted molar refractivity (Wildman–Crippen MR) is 179 cm³/mol. The van der Waals surface area contributed by atoms with Crippen LogP contribution in [0.25, 0.3) is 0 Å². The fraction of sp³-hybridized carbons (Fsp3) is 0.273. The van der Waals surface area contributed by atoms with Gasteiger partial charge in [-0.3, -0.25) is 4.79 Å². The first kappa shape index (κ1) is 34.1. The molecule has 242 valence electrons. The average molecular weight is 743 g/mol. The number of carbonyl (C=O) groups excluding carboxylic acids is 3. The molecule has 4 rings (SSSR count). The fourth-order valence-corrected chi connectivity index (χ4v) is 5.34. The number of nitrogens with one attached hydrogen (secondary N) is 3. The molecule has 1 heterocycles. The number of benzene rings is 3. The minimum atomic E-state index is -0.774. The number of hydrogen-bond acceptors (Lipinski definition) is 9. The van der Waals surface area contributed by atoms with Gasteiger partial charge >= 0.3 is 12.0 Å². The first-order valence-corrected chi connectivity index (χ1v) is 15.5. The van der Waals surface area contributed by atoms with Gasteiger partial charge in [-0.25, -0.2) is 15.0 Å². The summed E-state index contributed by atoms with van der Waals surface area (Å²) < 4.78 is 29.0. The Kier molecular flexibility index (Phi) is 12.2. The summed E-state index contributed by atoms with van der Waals surface area (Å²) in [7, 11) is 1.45. The molecule has 12 nitrogen and oxygen atoms in total. The van der Waals surface area contributed by atoms with Gasteiger partial charge in [0, 0.05) is 5.70 Å². The number of hydrazone groups is 1. The summed E-state index contributed by atoms with van der Waals surface area (Å²) in [6.45, 7) is 5.90. The van der Waals surface area contributed by atoms with Crippen LogP contribution in [0.2, 0.25) is 0 Å². The molecule has 0 spiro atoms. The minimum absolute atomic E-state index is 0.183. The second-order valence-corrected chi connectivity index (χ2v) is 11.0. The second kappa shape index (κ2) is 16.5. The van der Waals surface area contributed by atoms with Gasteiger partial charge in [-0.2, -0.15) is 5.10 Å². The van der Waals surface area contributed by atoms with Crippen molar-refractivity contribution in [1.82, 2.24) is 16.1 Å². The van der Waals surface area contributed by atoms with E-state index in [2.05, 4.69) is 43.8 Å². The van der Waals surface area contributed by atoms with Gasteiger partial charge in [0.05, 0.1) is 41.7 Å². The number of nitrogens with zero attached hydrogens (tertiary/aromatic N) is 1. The summed E-state index contributed by atoms with van der Waals surface area (Å²) in [6, 6.07) is 17.2. The molecule has 13 heteroatoms. The number of amides is 3. The van der Waals surface area contributed by atoms with E-state index in [1.807, 2.05) is 43.3 Å². The highest BCUT2D eigenvalue weighted by molar-refractivity contribution is 14.1. The van der Waals surface area contributed by atoms with E-state index in [4.69, 9.17) is 23.7 Å². The number of halogens is 1. The van der Waals surface area contributed by atoms with Crippen LogP contribution in [-0.4, -0.2) is 51.1 Å². The van der Waals surface area contributed by atoms with Crippen molar-refractivity contribution in [3.8, 4) is 23.0 Å². The number of urea groups is 1. The highest BCUT2D eigenvalue weighted by atomic mass is 127. The monoisotopic (exact) mass is 742 g/mol. The Morgan fingerprint density at radius 1 is 0.978 bits per heavy atom. The van der Waals surface area contributed by atoms with Crippen molar-refractivity contribution >= 4 is 46.7 Å². The lowest BCUT2D eigenvalue weighted by Crippen LogP contribution is -2.45. The van der Waals surface area contributed by atoms with Gasteiger partial charge in [0.15, 0.2) is 29.6 Å². The van der Waals surface area contributed by atoms with Crippen LogP contribution >= 0.6 is 22.6 Å². The number of carbonyl (C=O) groups is 3. The van der Waals surface area contributed by atoms with Crippen LogP contribution in [0, 0.1) is 3.57 Å². The molecule has 0 unspecified atom stereocenters. The van der Waals surface area contributed by atoms with Crippen molar-refractivity contribution in [2.24, 2.45) is 5.10 Å². The molecule has 3 N–H and O–H groups in total. The van der Waals surface area contributed by atoms with Crippen LogP contribution in [-0.2, 0) is 20.9 Å². The lowest BCUT2D eigenvalue weighted by atomic mass is 9.95. The van der Waals surface area contributed by atoms with Crippen molar-refractivity contribution < 1.29 is 38.1 Å². The quantitative estimate of drug-likeness (QED) is 0.0907. The lowest BCUT2D eigenvalue weighted by Gasteiger charge is -2.28. The van der Waals surface area contributed by atoms with E-state index in [1.165, 1.54) is 13.3 Å². The molecule has 0 saturated carbocycles. The van der Waals surface area contributed by atoms with Crippen LogP contribution in [0.4, 0.5) is 4.79 Å². The summed E-state index contributed by atoms with van der Waals surface area (Å²) in [4.78, 5) is 37.3. The molecule has 3 aromatic rings. The summed E-state index contributed by atoms with van der Waals surface area (Å²) in [5.74, 6) is 0.734. The van der Waals surface area contributed by atoms with Gasteiger partial charge in [0.2, 0.25) is 0 Å². The number of allylic oxidation sites excluding steroid dienone is 1. The fourth-order valence-electron chi connectivity index (χ4n) is 4.56. The molecular formula is C33H35IN4O8. The molecule has 3 amide bonds. The average Bonchev–Trinajstić information content (AvgIpc) is 3.03. The van der Waals surface area contributed by atoms with Crippen LogP contribution in [0.3, 0.4) is 0 Å². The zero-order valence-electron chi connectivity index (χ0n) is 25.8. The third kappa shape index (κ3) is 8.90. The van der Waals surface area contributed by atoms with E-state index in [9.17, 15) is 14.4 Å². The maximum absolute atomic E-state index is 12.6. The Labute approximate surface area is 280 Å². The van der Waals surface area contributed by atoms with Gasteiger partial charge in [0.1, 0.15) is 6.61 Å². The van der Waals surface area contributed by atoms with Crippen molar-refractivity contribution in [3.63, 3.8) is 0 Å². The van der Waals surface area contributed by atoms with Gasteiger partial charge in [-0.1, -0.05) is 36.4 Å². The largest absolute Gasteiger partial charge is 0.493 e. The van der Waals surface area contributed by atoms with Gasteiger partial charge in [-0.15, -0.1) is 0 Å². The van der Waals surface area contributed by atoms with Crippen molar-refractivity contribution in [3.05, 3.63) is 92.2 Å². The number of hydrogen-bond donors (Lipinski definition) is 3. The Morgan fingerprint density at radius 3 is 2.48 bits per heavy atom. The number of methoxy groups -OCH3 is 1. The molecule has 1 aliphatic rings. The van der Waals surface area contributed by atoms with Crippen molar-refractivity contribution in [2.75, 3.05) is 26.9 Å². The summed E-state index contributed by atoms with van der Waals surface area (Å²) >= 11 is 2.18. The molecule has 3 aromatic carbocycles. The van der Waals surface area contributed by atoms with E-state index >= 15 is 0 Å². The second-order valence-electron chi connectivity index (χ2n) is 9.82. The van der Waals surface area contributed by atoms with Crippen LogP contribution in [0.1, 0.15) is 43.5 Å². The van der Waals surface area contributed by atoms with E-state index in [1.54, 1.807) is 38.1 Å². The van der Waals surface area contributed by atoms with Crippen molar-refractivity contribution in [2.45, 2.75) is 33.4 Å². The SMILES string of the molecule is CCOC(=O)C1=C(C)NC(=O)N[C@@H]1c1ccc(OCC(=O)N/N=C\c2cc(I)c(OCc3ccccc3)c(OCC)c2)c(OC)c1. The molecule has 0 aromatic heterocycles. The molecule has 0 fully saturated rings. The van der Waals surface area contributed by atoms with E-state index in [-0.39, 0.29) is 24.5 Å². The van der Waals surface area contributed by atoms with Crippen molar-refractivity contribution in [1.29, 1.82) is 0 Å². The third-order valence-corrected chi connectivity index (χ3v) is 7.41. The molecule has 0 radical (unpaired) electrons. The number of ether oxygens (including phenoxy) is 5. The summed E-state index contributed by atoms with van der Waals surface area (Å²) in [6.07, 6.45) is 1.50. The van der Waals surface area contributed by atoms with Crippen LogP contribution < -0.4 is 35.0 Å². The third-order valence-electron chi connectivity index (χ3n) is 6.60. The highest BCUT2D eigenvalue weighted by Crippen LogP contribution is 2.36. The van der Waals surface area contributed by atoms with Gasteiger partial charge in [0.25, 0.3) is 5.91 Å². The van der Waals surface area contributed by atoms with Gasteiger partial charge < -0.3 is 34.3 Å². The number of esters is 1. The normalized spacial score (nSPS) is 14.3. The maximum Gasteiger partial charge on any atom is 0.338 e. The van der Waals surface area contributed by atoms with E-state index in [0.717, 1.165) is 9.13 Å². The topological polar surface area (TPSA) is 146 Å². The maximum atomic E-state index is 12.6. The molecular weight excluding hydrogens is 707 g/mol. The highest BCUT2D eigenvalue weighted by Gasteiger charge is 2.32. The predicted octanol–water partition coefficient (Wildman–Crippen LogP) is 5.00. The molecule has 0 aliphatic carbocycles. The van der Waals surface area contributed by atoms with Crippen LogP contribution in [0.15, 0.2) is 77.0 Å². The Morgan fingerprint density at radius 2 is 1.76 bits per heavy atom. The Balaban J connectivity index is 1.39. The lowest BCUT2D eigenvalue weighted by molar-refractivity contribution is -0.139. The Hall–Kier alpha value is -4.79. The molecule has 0 saturated heterocycles. The molecule has 1 aliphatic heterocycles. The summed E-state index contributed by atoms with van der Waals surface area (Å²) in [5.41, 5.74) is 5.42. The van der Waals surface area contributed by atoms with E-state index < -0.39 is 23.9 Å². The zero-order valence-corrected chi connectivity index (χ0v) is 28.0. The Bertz CT molecular complexity index is 1630. The first-order chi connectivity index (χ1) is 22.2. The van der Waals surface area contributed by atoms with Gasteiger partial charge in [-0.05, 0) is 84.3 Å².